The van der Waals surface area contributed by atoms with Crippen LogP contribution in [0.15, 0.2) is 24.3 Å². The zero-order chi connectivity index (χ0) is 12.3. The van der Waals surface area contributed by atoms with Gasteiger partial charge in [0.05, 0.1) is 0 Å². The van der Waals surface area contributed by atoms with Crippen molar-refractivity contribution in [2.45, 2.75) is 26.3 Å². The molecule has 1 atom stereocenters. The highest BCUT2D eigenvalue weighted by Gasteiger charge is 2.15. The Balaban J connectivity index is 1.96. The average molecular weight is 231 g/mol. The van der Waals surface area contributed by atoms with Crippen molar-refractivity contribution < 1.29 is 0 Å². The van der Waals surface area contributed by atoms with Gasteiger partial charge in [0.15, 0.2) is 0 Å². The summed E-state index contributed by atoms with van der Waals surface area (Å²) < 4.78 is 0. The number of nitrogens with zero attached hydrogens (tertiary/aromatic N) is 1. The van der Waals surface area contributed by atoms with Crippen LogP contribution in [0.4, 0.5) is 0 Å². The van der Waals surface area contributed by atoms with Gasteiger partial charge in [0.2, 0.25) is 0 Å². The van der Waals surface area contributed by atoms with Crippen molar-refractivity contribution in [2.75, 3.05) is 13.1 Å². The number of benzene rings is 1. The van der Waals surface area contributed by atoms with Crippen molar-refractivity contribution in [3.05, 3.63) is 35.4 Å². The van der Waals surface area contributed by atoms with Gasteiger partial charge in [-0.15, -0.1) is 0 Å². The molecule has 0 amide bonds. The molecule has 2 rings (SSSR count). The summed E-state index contributed by atoms with van der Waals surface area (Å²) in [4.78, 5) is 2.51. The maximum Gasteiger partial charge on any atom is 0.122 e. The predicted molar refractivity (Wildman–Crippen MR) is 71.1 cm³/mol. The van der Waals surface area contributed by atoms with Crippen LogP contribution in [0.1, 0.15) is 30.9 Å². The fourth-order valence-electron chi connectivity index (χ4n) is 2.48. The zero-order valence-corrected chi connectivity index (χ0v) is 10.4. The van der Waals surface area contributed by atoms with Crippen LogP contribution in [0.5, 0.6) is 0 Å². The van der Waals surface area contributed by atoms with E-state index in [4.69, 9.17) is 11.1 Å². The van der Waals surface area contributed by atoms with Crippen LogP contribution in [-0.4, -0.2) is 23.8 Å². The number of nitrogens with two attached hydrogens (primary N) is 1. The molecule has 0 saturated carbocycles. The zero-order valence-electron chi connectivity index (χ0n) is 10.4. The molecule has 3 heteroatoms. The molecule has 1 fully saturated rings. The van der Waals surface area contributed by atoms with Gasteiger partial charge in [0, 0.05) is 18.7 Å². The summed E-state index contributed by atoms with van der Waals surface area (Å²) in [6.45, 7) is 5.75. The summed E-state index contributed by atoms with van der Waals surface area (Å²) in [5.74, 6) is 0.961. The number of nitrogen functional groups attached to an aromatic ring is 1. The second kappa shape index (κ2) is 5.32. The van der Waals surface area contributed by atoms with Crippen molar-refractivity contribution in [3.63, 3.8) is 0 Å². The van der Waals surface area contributed by atoms with Crippen molar-refractivity contribution >= 4 is 5.84 Å². The normalized spacial score (nSPS) is 21.4. The fraction of sp³-hybridized carbons (Fsp3) is 0.500. The van der Waals surface area contributed by atoms with Crippen molar-refractivity contribution in [3.8, 4) is 0 Å². The van der Waals surface area contributed by atoms with Gasteiger partial charge in [-0.25, -0.2) is 0 Å². The van der Waals surface area contributed by atoms with Crippen LogP contribution in [0.25, 0.3) is 0 Å². The van der Waals surface area contributed by atoms with Gasteiger partial charge in [-0.1, -0.05) is 31.2 Å². The molecule has 17 heavy (non-hydrogen) atoms. The maximum atomic E-state index is 7.35. The third-order valence-corrected chi connectivity index (χ3v) is 3.41. The molecule has 1 saturated heterocycles. The lowest BCUT2D eigenvalue weighted by Crippen LogP contribution is -2.33. The topological polar surface area (TPSA) is 53.1 Å². The molecule has 1 aromatic carbocycles. The van der Waals surface area contributed by atoms with Crippen LogP contribution in [0.3, 0.4) is 0 Å². The Bertz CT molecular complexity index is 383. The lowest BCUT2D eigenvalue weighted by molar-refractivity contribution is 0.176. The molecule has 0 bridgehead atoms. The van der Waals surface area contributed by atoms with Gasteiger partial charge in [-0.2, -0.15) is 0 Å². The summed E-state index contributed by atoms with van der Waals surface area (Å²) in [5, 5.41) is 7.35. The van der Waals surface area contributed by atoms with Gasteiger partial charge in [0.1, 0.15) is 5.84 Å². The summed E-state index contributed by atoms with van der Waals surface area (Å²) in [5.41, 5.74) is 7.55. The number of likely N-dealkylation sites (tertiary alicyclic amines) is 1. The first-order chi connectivity index (χ1) is 8.15. The number of nitrogens with one attached hydrogen (secondary N) is 1. The summed E-state index contributed by atoms with van der Waals surface area (Å²) in [6, 6.07) is 8.03. The molecule has 0 aliphatic carbocycles. The third kappa shape index (κ3) is 3.30. The van der Waals surface area contributed by atoms with Crippen LogP contribution < -0.4 is 5.73 Å². The molecule has 0 spiro atoms. The quantitative estimate of drug-likeness (QED) is 0.619. The maximum absolute atomic E-state index is 7.35. The molecular weight excluding hydrogens is 210 g/mol. The van der Waals surface area contributed by atoms with Crippen LogP contribution in [0.2, 0.25) is 0 Å². The van der Waals surface area contributed by atoms with Crippen molar-refractivity contribution in [2.24, 2.45) is 11.7 Å². The van der Waals surface area contributed by atoms with E-state index >= 15 is 0 Å². The minimum atomic E-state index is 0.142. The van der Waals surface area contributed by atoms with E-state index in [2.05, 4.69) is 24.0 Å². The molecule has 1 heterocycles. The Kier molecular flexibility index (Phi) is 3.79. The highest BCUT2D eigenvalue weighted by atomic mass is 15.1. The predicted octanol–water partition coefficient (Wildman–Crippen LogP) is 2.20. The van der Waals surface area contributed by atoms with E-state index in [1.807, 2.05) is 12.1 Å². The molecule has 0 unspecified atom stereocenters. The first-order valence-electron chi connectivity index (χ1n) is 6.31. The monoisotopic (exact) mass is 231 g/mol. The van der Waals surface area contributed by atoms with Gasteiger partial charge >= 0.3 is 0 Å². The van der Waals surface area contributed by atoms with Crippen molar-refractivity contribution in [1.29, 1.82) is 5.41 Å². The molecule has 3 N–H and O–H groups in total. The largest absolute Gasteiger partial charge is 0.384 e. The second-order valence-corrected chi connectivity index (χ2v) is 5.09. The highest BCUT2D eigenvalue weighted by Crippen LogP contribution is 2.17. The number of piperidine rings is 1. The van der Waals surface area contributed by atoms with E-state index < -0.39 is 0 Å². The molecule has 0 radical (unpaired) electrons. The second-order valence-electron chi connectivity index (χ2n) is 5.09. The minimum Gasteiger partial charge on any atom is -0.384 e. The molecule has 1 aliphatic heterocycles. The SMILES string of the molecule is C[C@H]1CCCN(Cc2ccc(C(=N)N)cc2)C1. The molecule has 1 aromatic rings. The Morgan fingerprint density at radius 3 is 2.71 bits per heavy atom. The molecule has 1 aliphatic rings. The molecule has 3 nitrogen and oxygen atoms in total. The first kappa shape index (κ1) is 12.1. The number of amidine groups is 1. The first-order valence-corrected chi connectivity index (χ1v) is 6.31. The van der Waals surface area contributed by atoms with Crippen LogP contribution in [0, 0.1) is 11.3 Å². The van der Waals surface area contributed by atoms with E-state index in [1.54, 1.807) is 0 Å². The van der Waals surface area contributed by atoms with Gasteiger partial charge in [0.25, 0.3) is 0 Å². The van der Waals surface area contributed by atoms with Gasteiger partial charge < -0.3 is 5.73 Å². The summed E-state index contributed by atoms with van der Waals surface area (Å²) in [6.07, 6.45) is 2.67. The third-order valence-electron chi connectivity index (χ3n) is 3.41. The number of rotatable bonds is 3. The number of hydrogen-bond donors (Lipinski definition) is 2. The smallest absolute Gasteiger partial charge is 0.122 e. The van der Waals surface area contributed by atoms with Gasteiger partial charge in [-0.05, 0) is 30.9 Å². The molecular formula is C14H21N3. The number of hydrogen-bond acceptors (Lipinski definition) is 2. The van der Waals surface area contributed by atoms with E-state index in [0.29, 0.717) is 0 Å². The van der Waals surface area contributed by atoms with Crippen LogP contribution >= 0.6 is 0 Å². The Labute approximate surface area is 103 Å². The average Bonchev–Trinajstić information content (AvgIpc) is 2.29. The van der Waals surface area contributed by atoms with Gasteiger partial charge in [-0.3, -0.25) is 10.3 Å². The minimum absolute atomic E-state index is 0.142. The standard InChI is InChI=1S/C14H21N3/c1-11-3-2-8-17(9-11)10-12-4-6-13(7-5-12)14(15)16/h4-7,11H,2-3,8-10H2,1H3,(H3,15,16)/t11-/m0/s1. The highest BCUT2D eigenvalue weighted by molar-refractivity contribution is 5.94. The van der Waals surface area contributed by atoms with Crippen molar-refractivity contribution in [1.82, 2.24) is 4.90 Å². The Morgan fingerprint density at radius 1 is 1.41 bits per heavy atom. The summed E-state index contributed by atoms with van der Waals surface area (Å²) in [7, 11) is 0. The lowest BCUT2D eigenvalue weighted by Gasteiger charge is -2.30. The molecule has 92 valence electrons. The van der Waals surface area contributed by atoms with E-state index in [9.17, 15) is 0 Å². The lowest BCUT2D eigenvalue weighted by atomic mass is 9.99. The van der Waals surface area contributed by atoms with E-state index in [1.165, 1.54) is 31.5 Å². The van der Waals surface area contributed by atoms with E-state index in [0.717, 1.165) is 18.0 Å². The Hall–Kier alpha value is -1.35. The Morgan fingerprint density at radius 2 is 2.12 bits per heavy atom. The van der Waals surface area contributed by atoms with E-state index in [-0.39, 0.29) is 5.84 Å². The summed E-state index contributed by atoms with van der Waals surface area (Å²) >= 11 is 0. The fourth-order valence-corrected chi connectivity index (χ4v) is 2.48. The van der Waals surface area contributed by atoms with Crippen LogP contribution in [-0.2, 0) is 6.54 Å². The molecule has 0 aromatic heterocycles.